The van der Waals surface area contributed by atoms with Crippen LogP contribution < -0.4 is 4.74 Å². The lowest BCUT2D eigenvalue weighted by Gasteiger charge is -2.11. The van der Waals surface area contributed by atoms with E-state index < -0.39 is 17.7 Å². The fourth-order valence-electron chi connectivity index (χ4n) is 1.11. The number of halogens is 4. The number of rotatable bonds is 3. The minimum Gasteiger partial charge on any atom is -0.483 e. The van der Waals surface area contributed by atoms with Crippen LogP contribution in [0.1, 0.15) is 5.56 Å². The number of nitro groups is 1. The Morgan fingerprint density at radius 3 is 2.53 bits per heavy atom. The van der Waals surface area contributed by atoms with Crippen molar-refractivity contribution in [3.05, 3.63) is 32.3 Å². The smallest absolute Gasteiger partial charge is 0.422 e. The molecule has 0 aromatic heterocycles. The summed E-state index contributed by atoms with van der Waals surface area (Å²) in [5.41, 5.74) is 0.0478. The zero-order valence-corrected chi connectivity index (χ0v) is 10.1. The van der Waals surface area contributed by atoms with Gasteiger partial charge in [-0.3, -0.25) is 10.1 Å². The lowest BCUT2D eigenvalue weighted by molar-refractivity contribution is -0.385. The van der Waals surface area contributed by atoms with E-state index >= 15 is 0 Å². The lowest BCUT2D eigenvalue weighted by Crippen LogP contribution is -2.19. The molecule has 0 N–H and O–H groups in total. The molecule has 0 bridgehead atoms. The summed E-state index contributed by atoms with van der Waals surface area (Å²) in [5.74, 6) is -0.0783. The largest absolute Gasteiger partial charge is 0.483 e. The van der Waals surface area contributed by atoms with E-state index in [0.717, 1.165) is 6.07 Å². The Labute approximate surface area is 103 Å². The Bertz CT molecular complexity index is 448. The van der Waals surface area contributed by atoms with Crippen LogP contribution in [0.4, 0.5) is 18.9 Å². The quantitative estimate of drug-likeness (QED) is 0.632. The summed E-state index contributed by atoms with van der Waals surface area (Å²) in [6.07, 6.45) is -4.45. The fraction of sp³-hybridized carbons (Fsp3) is 0.333. The summed E-state index contributed by atoms with van der Waals surface area (Å²) in [7, 11) is 0. The van der Waals surface area contributed by atoms with Crippen LogP contribution in [-0.4, -0.2) is 17.7 Å². The highest BCUT2D eigenvalue weighted by atomic mass is 79.9. The number of nitro benzene ring substituents is 1. The Morgan fingerprint density at radius 1 is 1.47 bits per heavy atom. The number of benzene rings is 1. The van der Waals surface area contributed by atoms with E-state index in [9.17, 15) is 23.3 Å². The Hall–Kier alpha value is -1.31. The van der Waals surface area contributed by atoms with Crippen LogP contribution in [0.3, 0.4) is 0 Å². The molecule has 0 spiro atoms. The highest BCUT2D eigenvalue weighted by Crippen LogP contribution is 2.33. The predicted octanol–water partition coefficient (Wildman–Crippen LogP) is 3.61. The molecule has 0 amide bonds. The number of nitrogens with zero attached hydrogens (tertiary/aromatic N) is 1. The maximum atomic E-state index is 11.9. The first-order valence-electron chi connectivity index (χ1n) is 4.35. The molecule has 17 heavy (non-hydrogen) atoms. The molecule has 1 rings (SSSR count). The first kappa shape index (κ1) is 13.8. The molecule has 1 aromatic rings. The van der Waals surface area contributed by atoms with Crippen LogP contribution in [0.25, 0.3) is 0 Å². The Morgan fingerprint density at radius 2 is 2.06 bits per heavy atom. The average Bonchev–Trinajstić information content (AvgIpc) is 2.17. The molecule has 0 saturated carbocycles. The van der Waals surface area contributed by atoms with E-state index in [-0.39, 0.29) is 21.5 Å². The van der Waals surface area contributed by atoms with Crippen LogP contribution in [0, 0.1) is 17.0 Å². The van der Waals surface area contributed by atoms with Gasteiger partial charge in [0.05, 0.1) is 9.40 Å². The molecule has 94 valence electrons. The van der Waals surface area contributed by atoms with Crippen molar-refractivity contribution < 1.29 is 22.8 Å². The Kier molecular flexibility index (Phi) is 3.97. The molecule has 0 atom stereocenters. The summed E-state index contributed by atoms with van der Waals surface area (Å²) in [6, 6.07) is 2.30. The maximum absolute atomic E-state index is 11.9. The summed E-state index contributed by atoms with van der Waals surface area (Å²) < 4.78 is 40.4. The highest BCUT2D eigenvalue weighted by molar-refractivity contribution is 9.10. The molecule has 1 aromatic carbocycles. The average molecular weight is 314 g/mol. The van der Waals surface area contributed by atoms with Crippen molar-refractivity contribution in [1.82, 2.24) is 0 Å². The summed E-state index contributed by atoms with van der Waals surface area (Å²) in [5, 5.41) is 10.6. The van der Waals surface area contributed by atoms with Crippen LogP contribution >= 0.6 is 15.9 Å². The molecule has 8 heteroatoms. The molecular formula is C9H7BrF3NO3. The third kappa shape index (κ3) is 3.88. The number of ether oxygens (including phenoxy) is 1. The van der Waals surface area contributed by atoms with Gasteiger partial charge >= 0.3 is 6.18 Å². The van der Waals surface area contributed by atoms with Gasteiger partial charge in [0.1, 0.15) is 5.75 Å². The van der Waals surface area contributed by atoms with Crippen molar-refractivity contribution >= 4 is 21.6 Å². The van der Waals surface area contributed by atoms with E-state index in [1.165, 1.54) is 13.0 Å². The molecule has 0 radical (unpaired) electrons. The van der Waals surface area contributed by atoms with Gasteiger partial charge in [-0.25, -0.2) is 0 Å². The first-order valence-corrected chi connectivity index (χ1v) is 5.14. The van der Waals surface area contributed by atoms with Crippen LogP contribution in [0.15, 0.2) is 16.6 Å². The van der Waals surface area contributed by atoms with E-state index in [0.29, 0.717) is 0 Å². The second-order valence-electron chi connectivity index (χ2n) is 3.23. The number of alkyl halides is 3. The normalized spacial score (nSPS) is 11.4. The molecule has 0 heterocycles. The maximum Gasteiger partial charge on any atom is 0.422 e. The van der Waals surface area contributed by atoms with E-state index in [2.05, 4.69) is 20.7 Å². The van der Waals surface area contributed by atoms with Crippen LogP contribution in [0.5, 0.6) is 5.75 Å². The van der Waals surface area contributed by atoms with E-state index in [1.54, 1.807) is 0 Å². The predicted molar refractivity (Wildman–Crippen MR) is 57.1 cm³/mol. The van der Waals surface area contributed by atoms with Crippen molar-refractivity contribution in [1.29, 1.82) is 0 Å². The summed E-state index contributed by atoms with van der Waals surface area (Å²) in [6.45, 7) is -0.0200. The van der Waals surface area contributed by atoms with E-state index in [1.807, 2.05) is 0 Å². The second-order valence-corrected chi connectivity index (χ2v) is 4.08. The Balaban J connectivity index is 2.96. The second kappa shape index (κ2) is 4.91. The van der Waals surface area contributed by atoms with Gasteiger partial charge in [-0.1, -0.05) is 0 Å². The topological polar surface area (TPSA) is 52.4 Å². The number of hydrogen-bond acceptors (Lipinski definition) is 3. The molecule has 0 aliphatic heterocycles. The molecule has 0 aliphatic carbocycles. The molecule has 0 saturated heterocycles. The van der Waals surface area contributed by atoms with Gasteiger partial charge in [-0.2, -0.15) is 13.2 Å². The SMILES string of the molecule is Cc1cc(OCC(F)(F)F)c(Br)cc1[N+](=O)[O-]. The molecular weight excluding hydrogens is 307 g/mol. The zero-order valence-electron chi connectivity index (χ0n) is 8.55. The number of aryl methyl sites for hydroxylation is 1. The lowest BCUT2D eigenvalue weighted by atomic mass is 10.2. The van der Waals surface area contributed by atoms with Gasteiger partial charge in [-0.15, -0.1) is 0 Å². The first-order chi connectivity index (χ1) is 7.70. The minimum absolute atomic E-state index is 0.0783. The zero-order chi connectivity index (χ0) is 13.2. The standard InChI is InChI=1S/C9H7BrF3NO3/c1-5-2-8(17-4-9(11,12)13)6(10)3-7(5)14(15)16/h2-3H,4H2,1H3. The van der Waals surface area contributed by atoms with Gasteiger partial charge in [0, 0.05) is 11.6 Å². The van der Waals surface area contributed by atoms with E-state index in [4.69, 9.17) is 0 Å². The molecule has 0 fully saturated rings. The van der Waals surface area contributed by atoms with Crippen molar-refractivity contribution in [3.8, 4) is 5.75 Å². The van der Waals surface area contributed by atoms with Gasteiger partial charge in [0.25, 0.3) is 5.69 Å². The molecule has 0 unspecified atom stereocenters. The van der Waals surface area contributed by atoms with Crippen molar-refractivity contribution in [3.63, 3.8) is 0 Å². The number of hydrogen-bond donors (Lipinski definition) is 0. The monoisotopic (exact) mass is 313 g/mol. The van der Waals surface area contributed by atoms with Gasteiger partial charge < -0.3 is 4.74 Å². The molecule has 0 aliphatic rings. The van der Waals surface area contributed by atoms with Crippen molar-refractivity contribution in [2.24, 2.45) is 0 Å². The fourth-order valence-corrected chi connectivity index (χ4v) is 1.56. The third-order valence-electron chi connectivity index (χ3n) is 1.84. The third-order valence-corrected chi connectivity index (χ3v) is 2.46. The summed E-state index contributed by atoms with van der Waals surface area (Å²) in [4.78, 5) is 9.95. The van der Waals surface area contributed by atoms with Gasteiger partial charge in [0.15, 0.2) is 6.61 Å². The van der Waals surface area contributed by atoms with Crippen molar-refractivity contribution in [2.75, 3.05) is 6.61 Å². The van der Waals surface area contributed by atoms with Crippen molar-refractivity contribution in [2.45, 2.75) is 13.1 Å². The van der Waals surface area contributed by atoms with Gasteiger partial charge in [0.2, 0.25) is 0 Å². The molecule has 4 nitrogen and oxygen atoms in total. The van der Waals surface area contributed by atoms with Crippen LogP contribution in [-0.2, 0) is 0 Å². The minimum atomic E-state index is -4.45. The van der Waals surface area contributed by atoms with Gasteiger partial charge in [-0.05, 0) is 28.9 Å². The summed E-state index contributed by atoms with van der Waals surface area (Å²) >= 11 is 2.92. The highest BCUT2D eigenvalue weighted by Gasteiger charge is 2.29. The van der Waals surface area contributed by atoms with Crippen LogP contribution in [0.2, 0.25) is 0 Å².